The first-order chi connectivity index (χ1) is 12.8. The molecule has 0 saturated carbocycles. The monoisotopic (exact) mass is 359 g/mol. The Hall–Kier alpha value is -2.98. The summed E-state index contributed by atoms with van der Waals surface area (Å²) in [6, 6.07) is 14.0. The number of benzene rings is 2. The fourth-order valence-corrected chi connectivity index (χ4v) is 3.46. The van der Waals surface area contributed by atoms with Crippen molar-refractivity contribution in [2.24, 2.45) is 0 Å². The molecule has 1 aliphatic rings. The molecule has 0 bridgehead atoms. The topological polar surface area (TPSA) is 51.8 Å². The number of aromatic nitrogens is 3. The van der Waals surface area contributed by atoms with Gasteiger partial charge in [-0.3, -0.25) is 0 Å². The van der Waals surface area contributed by atoms with E-state index in [4.69, 9.17) is 16.0 Å². The second kappa shape index (κ2) is 6.07. The highest BCUT2D eigenvalue weighted by molar-refractivity contribution is 6.28. The minimum Gasteiger partial charge on any atom is -0.456 e. The van der Waals surface area contributed by atoms with Crippen molar-refractivity contribution in [3.63, 3.8) is 0 Å². The summed E-state index contributed by atoms with van der Waals surface area (Å²) in [4.78, 5) is 13.3. The van der Waals surface area contributed by atoms with Gasteiger partial charge in [-0.1, -0.05) is 48.6 Å². The Morgan fingerprint density at radius 1 is 0.923 bits per heavy atom. The van der Waals surface area contributed by atoms with Crippen LogP contribution in [0.3, 0.4) is 0 Å². The summed E-state index contributed by atoms with van der Waals surface area (Å²) < 4.78 is 5.97. The van der Waals surface area contributed by atoms with Crippen LogP contribution in [0.15, 0.2) is 71.2 Å². The summed E-state index contributed by atoms with van der Waals surface area (Å²) in [5.74, 6) is 1.37. The Bertz CT molecular complexity index is 1190. The summed E-state index contributed by atoms with van der Waals surface area (Å²) >= 11 is 6.17. The number of hydrogen-bond donors (Lipinski definition) is 0. The normalized spacial score (nSPS) is 16.6. The molecule has 0 spiro atoms. The van der Waals surface area contributed by atoms with Gasteiger partial charge < -0.3 is 4.42 Å². The van der Waals surface area contributed by atoms with Crippen molar-refractivity contribution < 1.29 is 4.42 Å². The molecular weight excluding hydrogens is 346 g/mol. The Balaban J connectivity index is 1.62. The molecule has 126 valence electrons. The molecule has 0 aliphatic heterocycles. The van der Waals surface area contributed by atoms with E-state index in [0.717, 1.165) is 33.9 Å². The third-order valence-electron chi connectivity index (χ3n) is 4.57. The highest BCUT2D eigenvalue weighted by Gasteiger charge is 2.16. The third-order valence-corrected chi connectivity index (χ3v) is 4.74. The van der Waals surface area contributed by atoms with Gasteiger partial charge in [-0.15, -0.1) is 0 Å². The number of nitrogens with zero attached hydrogens (tertiary/aromatic N) is 3. The van der Waals surface area contributed by atoms with Crippen molar-refractivity contribution in [2.75, 3.05) is 0 Å². The smallest absolute Gasteiger partial charge is 0.226 e. The molecule has 5 heteroatoms. The zero-order valence-corrected chi connectivity index (χ0v) is 14.5. The van der Waals surface area contributed by atoms with Gasteiger partial charge in [0, 0.05) is 22.3 Å². The van der Waals surface area contributed by atoms with Crippen LogP contribution < -0.4 is 0 Å². The highest BCUT2D eigenvalue weighted by Crippen LogP contribution is 2.32. The van der Waals surface area contributed by atoms with Gasteiger partial charge in [-0.2, -0.15) is 4.98 Å². The lowest BCUT2D eigenvalue weighted by molar-refractivity contribution is 0.669. The maximum absolute atomic E-state index is 6.17. The van der Waals surface area contributed by atoms with Crippen LogP contribution in [0, 0.1) is 0 Å². The number of allylic oxidation sites excluding steroid dienone is 4. The Labute approximate surface area is 154 Å². The molecule has 0 fully saturated rings. The molecule has 2 aromatic carbocycles. The lowest BCUT2D eigenvalue weighted by Crippen LogP contribution is -2.06. The quantitative estimate of drug-likeness (QED) is 0.461. The second-order valence-electron chi connectivity index (χ2n) is 6.25. The molecule has 0 N–H and O–H groups in total. The van der Waals surface area contributed by atoms with Crippen molar-refractivity contribution in [3.8, 4) is 11.4 Å². The Morgan fingerprint density at radius 3 is 2.69 bits per heavy atom. The van der Waals surface area contributed by atoms with Gasteiger partial charge >= 0.3 is 0 Å². The van der Waals surface area contributed by atoms with E-state index in [-0.39, 0.29) is 11.2 Å². The first kappa shape index (κ1) is 15.3. The van der Waals surface area contributed by atoms with Gasteiger partial charge in [0.15, 0.2) is 5.82 Å². The molecule has 1 unspecified atom stereocenters. The lowest BCUT2D eigenvalue weighted by Gasteiger charge is -2.12. The predicted octanol–water partition coefficient (Wildman–Crippen LogP) is 5.69. The van der Waals surface area contributed by atoms with Gasteiger partial charge in [0.2, 0.25) is 5.28 Å². The maximum atomic E-state index is 6.17. The van der Waals surface area contributed by atoms with Crippen molar-refractivity contribution in [3.05, 3.63) is 77.9 Å². The Morgan fingerprint density at radius 2 is 1.81 bits per heavy atom. The molecule has 4 aromatic rings. The summed E-state index contributed by atoms with van der Waals surface area (Å²) in [5.41, 5.74) is 2.54. The third kappa shape index (κ3) is 2.59. The van der Waals surface area contributed by atoms with E-state index >= 15 is 0 Å². The number of para-hydroxylation sites is 1. The molecule has 5 rings (SSSR count). The Kier molecular flexibility index (Phi) is 3.57. The van der Waals surface area contributed by atoms with Crippen LogP contribution in [0.2, 0.25) is 5.28 Å². The molecule has 0 amide bonds. The van der Waals surface area contributed by atoms with E-state index in [2.05, 4.69) is 33.2 Å². The first-order valence-corrected chi connectivity index (χ1v) is 8.82. The summed E-state index contributed by atoms with van der Waals surface area (Å²) in [5, 5.41) is 2.38. The van der Waals surface area contributed by atoms with E-state index in [0.29, 0.717) is 11.6 Å². The largest absolute Gasteiger partial charge is 0.456 e. The maximum Gasteiger partial charge on any atom is 0.226 e. The highest BCUT2D eigenvalue weighted by atomic mass is 35.5. The SMILES string of the molecule is Clc1nc(-c2ccc3c(c2)oc2ccccc23)nc(C2C=CC=CC2)n1. The van der Waals surface area contributed by atoms with Crippen LogP contribution in [-0.2, 0) is 0 Å². The minimum atomic E-state index is 0.120. The van der Waals surface area contributed by atoms with Crippen LogP contribution in [-0.4, -0.2) is 15.0 Å². The zero-order valence-electron chi connectivity index (χ0n) is 13.8. The molecule has 1 aliphatic carbocycles. The zero-order chi connectivity index (χ0) is 17.5. The van der Waals surface area contributed by atoms with Crippen molar-refractivity contribution >= 4 is 33.5 Å². The molecule has 1 atom stereocenters. The second-order valence-corrected chi connectivity index (χ2v) is 6.59. The van der Waals surface area contributed by atoms with Gasteiger partial charge in [0.05, 0.1) is 0 Å². The van der Waals surface area contributed by atoms with E-state index < -0.39 is 0 Å². The van der Waals surface area contributed by atoms with E-state index in [1.807, 2.05) is 48.6 Å². The lowest BCUT2D eigenvalue weighted by atomic mass is 10.00. The summed E-state index contributed by atoms with van der Waals surface area (Å²) in [6.07, 6.45) is 9.07. The molecule has 2 aromatic heterocycles. The van der Waals surface area contributed by atoms with Crippen LogP contribution in [0.25, 0.3) is 33.3 Å². The molecule has 4 nitrogen and oxygen atoms in total. The fourth-order valence-electron chi connectivity index (χ4n) is 3.30. The van der Waals surface area contributed by atoms with Crippen molar-refractivity contribution in [1.29, 1.82) is 0 Å². The van der Waals surface area contributed by atoms with Gasteiger partial charge in [0.25, 0.3) is 0 Å². The van der Waals surface area contributed by atoms with Crippen molar-refractivity contribution in [1.82, 2.24) is 15.0 Å². The minimum absolute atomic E-state index is 0.120. The average molecular weight is 360 g/mol. The predicted molar refractivity (Wildman–Crippen MR) is 103 cm³/mol. The number of fused-ring (bicyclic) bond motifs is 3. The average Bonchev–Trinajstić information content (AvgIpc) is 3.06. The first-order valence-electron chi connectivity index (χ1n) is 8.44. The van der Waals surface area contributed by atoms with Crippen LogP contribution in [0.4, 0.5) is 0 Å². The van der Waals surface area contributed by atoms with Crippen LogP contribution >= 0.6 is 11.6 Å². The van der Waals surface area contributed by atoms with E-state index in [9.17, 15) is 0 Å². The molecule has 0 saturated heterocycles. The number of hydrogen-bond acceptors (Lipinski definition) is 4. The summed E-state index contributed by atoms with van der Waals surface area (Å²) in [7, 11) is 0. The van der Waals surface area contributed by atoms with Crippen LogP contribution in [0.1, 0.15) is 18.2 Å². The van der Waals surface area contributed by atoms with Crippen LogP contribution in [0.5, 0.6) is 0 Å². The number of rotatable bonds is 2. The number of furan rings is 1. The summed E-state index contributed by atoms with van der Waals surface area (Å²) in [6.45, 7) is 0. The molecule has 2 heterocycles. The van der Waals surface area contributed by atoms with E-state index in [1.54, 1.807) is 0 Å². The molecule has 26 heavy (non-hydrogen) atoms. The molecule has 0 radical (unpaired) electrons. The molecular formula is C21H14ClN3O. The van der Waals surface area contributed by atoms with Gasteiger partial charge in [-0.05, 0) is 36.2 Å². The fraction of sp³-hybridized carbons (Fsp3) is 0.0952. The van der Waals surface area contributed by atoms with Gasteiger partial charge in [0.1, 0.15) is 17.0 Å². The van der Waals surface area contributed by atoms with Crippen molar-refractivity contribution in [2.45, 2.75) is 12.3 Å². The van der Waals surface area contributed by atoms with E-state index in [1.165, 1.54) is 0 Å². The van der Waals surface area contributed by atoms with Gasteiger partial charge in [-0.25, -0.2) is 9.97 Å². The number of halogens is 1. The standard InChI is InChI=1S/C21H14ClN3O/c22-21-24-19(13-6-2-1-3-7-13)23-20(25-21)14-10-11-16-15-8-4-5-9-17(15)26-18(16)12-14/h1-6,8-13H,7H2.